The molecule has 1 saturated heterocycles. The summed E-state index contributed by atoms with van der Waals surface area (Å²) in [6.07, 6.45) is 5.13. The summed E-state index contributed by atoms with van der Waals surface area (Å²) >= 11 is 0. The number of fused-ring (bicyclic) bond motifs is 1. The molecule has 0 aromatic heterocycles. The molecule has 2 aliphatic heterocycles. The van der Waals surface area contributed by atoms with Crippen molar-refractivity contribution in [2.24, 2.45) is 0 Å². The first kappa shape index (κ1) is 19.2. The maximum Gasteiger partial charge on any atom is 0.253 e. The minimum absolute atomic E-state index is 0.00209. The van der Waals surface area contributed by atoms with E-state index in [1.165, 1.54) is 22.7 Å². The molecule has 0 saturated carbocycles. The number of benzene rings is 2. The first-order valence-corrected chi connectivity index (χ1v) is 11.5. The number of sulfonamides is 1. The van der Waals surface area contributed by atoms with Crippen molar-refractivity contribution in [3.8, 4) is 0 Å². The summed E-state index contributed by atoms with van der Waals surface area (Å²) in [6, 6.07) is 14.4. The van der Waals surface area contributed by atoms with Crippen molar-refractivity contribution in [1.29, 1.82) is 0 Å². The van der Waals surface area contributed by atoms with Gasteiger partial charge in [0.2, 0.25) is 10.0 Å². The van der Waals surface area contributed by atoms with Crippen LogP contribution in [0.4, 0.5) is 0 Å². The second kappa shape index (κ2) is 8.05. The number of carbonyl (C=O) groups is 1. The maximum atomic E-state index is 13.1. The molecule has 0 N–H and O–H groups in total. The highest BCUT2D eigenvalue weighted by atomic mass is 32.2. The number of amides is 1. The molecule has 4 rings (SSSR count). The highest BCUT2D eigenvalue weighted by molar-refractivity contribution is 7.89. The van der Waals surface area contributed by atoms with E-state index in [2.05, 4.69) is 6.07 Å². The molecular weight excluding hydrogens is 372 g/mol. The lowest BCUT2D eigenvalue weighted by Gasteiger charge is -2.28. The molecule has 2 aliphatic rings. The van der Waals surface area contributed by atoms with E-state index in [4.69, 9.17) is 0 Å². The fourth-order valence-electron chi connectivity index (χ4n) is 4.05. The average Bonchev–Trinajstić information content (AvgIpc) is 3.02. The van der Waals surface area contributed by atoms with Gasteiger partial charge in [0.05, 0.1) is 4.90 Å². The molecule has 5 nitrogen and oxygen atoms in total. The van der Waals surface area contributed by atoms with E-state index in [9.17, 15) is 13.2 Å². The van der Waals surface area contributed by atoms with Gasteiger partial charge in [-0.3, -0.25) is 4.79 Å². The molecule has 1 amide bonds. The van der Waals surface area contributed by atoms with Gasteiger partial charge in [-0.05, 0) is 54.7 Å². The molecule has 0 unspecified atom stereocenters. The molecule has 0 atom stereocenters. The van der Waals surface area contributed by atoms with E-state index >= 15 is 0 Å². The van der Waals surface area contributed by atoms with E-state index in [-0.39, 0.29) is 10.8 Å². The van der Waals surface area contributed by atoms with Crippen molar-refractivity contribution in [1.82, 2.24) is 9.21 Å². The van der Waals surface area contributed by atoms with Crippen LogP contribution in [-0.2, 0) is 23.0 Å². The number of nitrogens with zero attached hydrogens (tertiary/aromatic N) is 2. The second-order valence-corrected chi connectivity index (χ2v) is 9.53. The van der Waals surface area contributed by atoms with Crippen molar-refractivity contribution < 1.29 is 13.2 Å². The van der Waals surface area contributed by atoms with Crippen molar-refractivity contribution in [2.45, 2.75) is 43.5 Å². The summed E-state index contributed by atoms with van der Waals surface area (Å²) < 4.78 is 27.6. The second-order valence-electron chi connectivity index (χ2n) is 7.59. The Morgan fingerprint density at radius 1 is 0.786 bits per heavy atom. The molecule has 2 aromatic rings. The predicted molar refractivity (Wildman–Crippen MR) is 109 cm³/mol. The minimum Gasteiger partial charge on any atom is -0.339 e. The standard InChI is InChI=1S/C22H26N2O3S/c25-22(23-14-5-1-2-6-15-23)19-9-11-21(12-10-19)28(26,27)24-16-13-18-7-3-4-8-20(18)17-24/h3-4,7-12H,1-2,5-6,13-17H2. The van der Waals surface area contributed by atoms with E-state index in [1.807, 2.05) is 23.1 Å². The highest BCUT2D eigenvalue weighted by Crippen LogP contribution is 2.25. The Morgan fingerprint density at radius 3 is 2.11 bits per heavy atom. The van der Waals surface area contributed by atoms with E-state index in [0.29, 0.717) is 18.7 Å². The van der Waals surface area contributed by atoms with Crippen molar-refractivity contribution in [2.75, 3.05) is 19.6 Å². The van der Waals surface area contributed by atoms with Gasteiger partial charge in [-0.1, -0.05) is 37.1 Å². The fourth-order valence-corrected chi connectivity index (χ4v) is 5.47. The minimum atomic E-state index is -3.57. The molecule has 6 heteroatoms. The van der Waals surface area contributed by atoms with Gasteiger partial charge in [0.25, 0.3) is 5.91 Å². The van der Waals surface area contributed by atoms with Gasteiger partial charge in [0, 0.05) is 31.7 Å². The molecule has 0 bridgehead atoms. The monoisotopic (exact) mass is 398 g/mol. The normalized spacial score (nSPS) is 18.4. The van der Waals surface area contributed by atoms with Crippen molar-refractivity contribution in [3.63, 3.8) is 0 Å². The number of rotatable bonds is 3. The van der Waals surface area contributed by atoms with E-state index in [1.54, 1.807) is 24.3 Å². The predicted octanol–water partition coefficient (Wildman–Crippen LogP) is 3.45. The van der Waals surface area contributed by atoms with Gasteiger partial charge in [-0.2, -0.15) is 4.31 Å². The first-order chi connectivity index (χ1) is 13.6. The lowest BCUT2D eigenvalue weighted by Crippen LogP contribution is -2.36. The third-order valence-corrected chi connectivity index (χ3v) is 7.59. The van der Waals surface area contributed by atoms with Crippen LogP contribution in [0.2, 0.25) is 0 Å². The van der Waals surface area contributed by atoms with Gasteiger partial charge < -0.3 is 4.90 Å². The first-order valence-electron chi connectivity index (χ1n) is 10.0. The van der Waals surface area contributed by atoms with Gasteiger partial charge >= 0.3 is 0 Å². The Morgan fingerprint density at radius 2 is 1.43 bits per heavy atom. The van der Waals surface area contributed by atoms with Gasteiger partial charge in [0.15, 0.2) is 0 Å². The summed E-state index contributed by atoms with van der Waals surface area (Å²) in [5.74, 6) is -0.00209. The molecule has 148 valence electrons. The quantitative estimate of drug-likeness (QED) is 0.796. The number of hydrogen-bond acceptors (Lipinski definition) is 3. The van der Waals surface area contributed by atoms with Gasteiger partial charge in [-0.25, -0.2) is 8.42 Å². The molecule has 0 radical (unpaired) electrons. The lowest BCUT2D eigenvalue weighted by atomic mass is 10.0. The topological polar surface area (TPSA) is 57.7 Å². The Hall–Kier alpha value is -2.18. The number of likely N-dealkylation sites (tertiary alicyclic amines) is 1. The molecular formula is C22H26N2O3S. The van der Waals surface area contributed by atoms with E-state index in [0.717, 1.165) is 37.9 Å². The Bertz CT molecular complexity index is 946. The third kappa shape index (κ3) is 3.84. The zero-order chi connectivity index (χ0) is 19.6. The number of hydrogen-bond donors (Lipinski definition) is 0. The van der Waals surface area contributed by atoms with Crippen LogP contribution in [0.5, 0.6) is 0 Å². The van der Waals surface area contributed by atoms with Crippen LogP contribution in [0.15, 0.2) is 53.4 Å². The highest BCUT2D eigenvalue weighted by Gasteiger charge is 2.28. The molecule has 2 aromatic carbocycles. The Balaban J connectivity index is 1.51. The molecule has 0 spiro atoms. The van der Waals surface area contributed by atoms with Gasteiger partial charge in [-0.15, -0.1) is 0 Å². The van der Waals surface area contributed by atoms with Crippen LogP contribution in [0, 0.1) is 0 Å². The van der Waals surface area contributed by atoms with Crippen LogP contribution in [-0.4, -0.2) is 43.2 Å². The largest absolute Gasteiger partial charge is 0.339 e. The van der Waals surface area contributed by atoms with Crippen LogP contribution in [0.25, 0.3) is 0 Å². The zero-order valence-electron chi connectivity index (χ0n) is 16.0. The summed E-state index contributed by atoms with van der Waals surface area (Å²) in [5, 5.41) is 0. The summed E-state index contributed by atoms with van der Waals surface area (Å²) in [5.41, 5.74) is 2.84. The Labute approximate surface area is 167 Å². The average molecular weight is 399 g/mol. The number of carbonyl (C=O) groups excluding carboxylic acids is 1. The SMILES string of the molecule is O=C(c1ccc(S(=O)(=O)N2CCc3ccccc3C2)cc1)N1CCCCCC1. The molecule has 28 heavy (non-hydrogen) atoms. The van der Waals surface area contributed by atoms with Crippen LogP contribution in [0.3, 0.4) is 0 Å². The molecule has 1 fully saturated rings. The molecule has 0 aliphatic carbocycles. The van der Waals surface area contributed by atoms with E-state index < -0.39 is 10.0 Å². The maximum absolute atomic E-state index is 13.1. The van der Waals surface area contributed by atoms with Gasteiger partial charge in [0.1, 0.15) is 0 Å². The lowest BCUT2D eigenvalue weighted by molar-refractivity contribution is 0.0761. The summed E-state index contributed by atoms with van der Waals surface area (Å²) in [4.78, 5) is 14.9. The van der Waals surface area contributed by atoms with Crippen LogP contribution in [0.1, 0.15) is 47.2 Å². The molecule has 2 heterocycles. The third-order valence-electron chi connectivity index (χ3n) is 5.73. The zero-order valence-corrected chi connectivity index (χ0v) is 16.8. The fraction of sp³-hybridized carbons (Fsp3) is 0.409. The van der Waals surface area contributed by atoms with Crippen LogP contribution < -0.4 is 0 Å². The van der Waals surface area contributed by atoms with Crippen molar-refractivity contribution >= 4 is 15.9 Å². The summed E-state index contributed by atoms with van der Waals surface area (Å²) in [6.45, 7) is 2.44. The van der Waals surface area contributed by atoms with Crippen LogP contribution >= 0.6 is 0 Å². The smallest absolute Gasteiger partial charge is 0.253 e. The Kier molecular flexibility index (Phi) is 5.51. The summed E-state index contributed by atoms with van der Waals surface area (Å²) in [7, 11) is -3.57. The van der Waals surface area contributed by atoms with Crippen molar-refractivity contribution in [3.05, 3.63) is 65.2 Å².